The quantitative estimate of drug-likeness (QED) is 0.592. The molecular formula is C11H17NO6. The number of hydrogen-bond acceptors (Lipinski definition) is 4. The third-order valence-electron chi connectivity index (χ3n) is 3.19. The summed E-state index contributed by atoms with van der Waals surface area (Å²) in [6.45, 7) is 0. The lowest BCUT2D eigenvalue weighted by atomic mass is 9.77. The molecule has 18 heavy (non-hydrogen) atoms. The molecule has 1 fully saturated rings. The summed E-state index contributed by atoms with van der Waals surface area (Å²) in [5.74, 6) is -3.12. The highest BCUT2D eigenvalue weighted by atomic mass is 16.5. The van der Waals surface area contributed by atoms with Crippen LogP contribution in [0.2, 0.25) is 0 Å². The zero-order valence-corrected chi connectivity index (χ0v) is 10.1. The van der Waals surface area contributed by atoms with Crippen LogP contribution in [0.1, 0.15) is 32.1 Å². The summed E-state index contributed by atoms with van der Waals surface area (Å²) in [5, 5.41) is 19.5. The minimum atomic E-state index is -1.40. The number of carboxylic acids is 2. The molecular weight excluding hydrogens is 242 g/mol. The summed E-state index contributed by atoms with van der Waals surface area (Å²) in [7, 11) is 1.51. The summed E-state index contributed by atoms with van der Waals surface area (Å²) >= 11 is 0. The Kier molecular flexibility index (Phi) is 4.66. The molecule has 1 amide bonds. The topological polar surface area (TPSA) is 113 Å². The van der Waals surface area contributed by atoms with Crippen molar-refractivity contribution in [2.45, 2.75) is 43.7 Å². The van der Waals surface area contributed by atoms with Crippen LogP contribution in [0.5, 0.6) is 0 Å². The van der Waals surface area contributed by atoms with E-state index in [0.717, 1.165) is 19.3 Å². The van der Waals surface area contributed by atoms with Gasteiger partial charge in [0.25, 0.3) is 0 Å². The normalized spacial score (nSPS) is 18.5. The summed E-state index contributed by atoms with van der Waals surface area (Å²) < 4.78 is 5.24. The lowest BCUT2D eigenvalue weighted by molar-refractivity contribution is -0.148. The van der Waals surface area contributed by atoms with Crippen LogP contribution in [0.3, 0.4) is 0 Å². The fourth-order valence-corrected chi connectivity index (χ4v) is 1.94. The number of nitrogens with one attached hydrogen (secondary N) is 1. The fourth-order valence-electron chi connectivity index (χ4n) is 1.94. The van der Waals surface area contributed by atoms with Crippen LogP contribution in [0, 0.1) is 0 Å². The second kappa shape index (κ2) is 5.81. The first kappa shape index (κ1) is 14.4. The number of aliphatic carboxylic acids is 2. The maximum absolute atomic E-state index is 11.7. The molecule has 0 aromatic rings. The molecule has 0 aromatic carbocycles. The molecule has 0 aromatic heterocycles. The van der Waals surface area contributed by atoms with E-state index in [1.54, 1.807) is 0 Å². The Morgan fingerprint density at radius 1 is 1.33 bits per heavy atom. The molecule has 0 radical (unpaired) electrons. The molecule has 7 nitrogen and oxygen atoms in total. The first-order valence-corrected chi connectivity index (χ1v) is 5.68. The van der Waals surface area contributed by atoms with Crippen molar-refractivity contribution in [3.05, 3.63) is 0 Å². The SMILES string of the molecule is COC1(CC(=O)N[C@@H](CC(=O)O)C(=O)O)CCC1. The lowest BCUT2D eigenvalue weighted by Gasteiger charge is -2.40. The third kappa shape index (κ3) is 3.69. The highest BCUT2D eigenvalue weighted by Gasteiger charge is 2.39. The van der Waals surface area contributed by atoms with Gasteiger partial charge in [-0.3, -0.25) is 9.59 Å². The Balaban J connectivity index is 2.50. The van der Waals surface area contributed by atoms with Crippen LogP contribution in [-0.4, -0.2) is 46.8 Å². The third-order valence-corrected chi connectivity index (χ3v) is 3.19. The standard InChI is InChI=1S/C11H17NO6/c1-18-11(3-2-4-11)6-8(13)12-7(10(16)17)5-9(14)15/h7H,2-6H2,1H3,(H,12,13)(H,14,15)(H,16,17)/t7-/m0/s1. The Morgan fingerprint density at radius 2 is 1.94 bits per heavy atom. The Labute approximate surface area is 104 Å². The minimum Gasteiger partial charge on any atom is -0.481 e. The second-order valence-electron chi connectivity index (χ2n) is 4.47. The number of ether oxygens (including phenoxy) is 1. The molecule has 3 N–H and O–H groups in total. The van der Waals surface area contributed by atoms with Crippen molar-refractivity contribution in [1.82, 2.24) is 5.32 Å². The van der Waals surface area contributed by atoms with Crippen LogP contribution >= 0.6 is 0 Å². The largest absolute Gasteiger partial charge is 0.481 e. The summed E-state index contributed by atoms with van der Waals surface area (Å²) in [6.07, 6.45) is 1.91. The molecule has 0 bridgehead atoms. The van der Waals surface area contributed by atoms with E-state index in [9.17, 15) is 14.4 Å². The molecule has 0 spiro atoms. The summed E-state index contributed by atoms with van der Waals surface area (Å²) in [5.41, 5.74) is -0.504. The fraction of sp³-hybridized carbons (Fsp3) is 0.727. The van der Waals surface area contributed by atoms with Crippen LogP contribution in [0.15, 0.2) is 0 Å². The number of carbonyl (C=O) groups is 3. The smallest absolute Gasteiger partial charge is 0.326 e. The highest BCUT2D eigenvalue weighted by Crippen LogP contribution is 2.37. The summed E-state index contributed by atoms with van der Waals surface area (Å²) in [6, 6.07) is -1.40. The number of carboxylic acid groups (broad SMARTS) is 2. The van der Waals surface area contributed by atoms with Gasteiger partial charge in [-0.05, 0) is 19.3 Å². The maximum Gasteiger partial charge on any atom is 0.326 e. The molecule has 0 saturated heterocycles. The maximum atomic E-state index is 11.7. The number of carbonyl (C=O) groups excluding carboxylic acids is 1. The van der Waals surface area contributed by atoms with Crippen molar-refractivity contribution in [3.8, 4) is 0 Å². The second-order valence-corrected chi connectivity index (χ2v) is 4.47. The molecule has 1 saturated carbocycles. The zero-order chi connectivity index (χ0) is 13.8. The van der Waals surface area contributed by atoms with Gasteiger partial charge >= 0.3 is 11.9 Å². The van der Waals surface area contributed by atoms with Gasteiger partial charge in [-0.15, -0.1) is 0 Å². The van der Waals surface area contributed by atoms with Gasteiger partial charge in [0.1, 0.15) is 6.04 Å². The van der Waals surface area contributed by atoms with Gasteiger partial charge in [0, 0.05) is 7.11 Å². The van der Waals surface area contributed by atoms with Crippen molar-refractivity contribution < 1.29 is 29.3 Å². The Hall–Kier alpha value is -1.63. The van der Waals surface area contributed by atoms with E-state index in [2.05, 4.69) is 5.32 Å². The van der Waals surface area contributed by atoms with Gasteiger partial charge in [-0.1, -0.05) is 0 Å². The van der Waals surface area contributed by atoms with Crippen molar-refractivity contribution >= 4 is 17.8 Å². The molecule has 1 atom stereocenters. The van der Waals surface area contributed by atoms with E-state index < -0.39 is 35.9 Å². The van der Waals surface area contributed by atoms with Crippen molar-refractivity contribution in [1.29, 1.82) is 0 Å². The van der Waals surface area contributed by atoms with Gasteiger partial charge in [-0.2, -0.15) is 0 Å². The summed E-state index contributed by atoms with van der Waals surface area (Å²) in [4.78, 5) is 32.9. The molecule has 0 heterocycles. The van der Waals surface area contributed by atoms with Crippen LogP contribution in [0.25, 0.3) is 0 Å². The van der Waals surface area contributed by atoms with Gasteiger partial charge in [0.15, 0.2) is 0 Å². The van der Waals surface area contributed by atoms with E-state index in [1.165, 1.54) is 7.11 Å². The Morgan fingerprint density at radius 3 is 2.28 bits per heavy atom. The number of methoxy groups -OCH3 is 1. The molecule has 102 valence electrons. The average Bonchev–Trinajstić information content (AvgIpc) is 2.21. The van der Waals surface area contributed by atoms with E-state index in [1.807, 2.05) is 0 Å². The van der Waals surface area contributed by atoms with E-state index in [4.69, 9.17) is 14.9 Å². The van der Waals surface area contributed by atoms with E-state index >= 15 is 0 Å². The van der Waals surface area contributed by atoms with Crippen LogP contribution < -0.4 is 5.32 Å². The van der Waals surface area contributed by atoms with Gasteiger partial charge < -0.3 is 20.3 Å². The van der Waals surface area contributed by atoms with Gasteiger partial charge in [-0.25, -0.2) is 4.79 Å². The first-order valence-electron chi connectivity index (χ1n) is 5.68. The van der Waals surface area contributed by atoms with Crippen molar-refractivity contribution in [2.24, 2.45) is 0 Å². The van der Waals surface area contributed by atoms with Crippen molar-refractivity contribution in [2.75, 3.05) is 7.11 Å². The van der Waals surface area contributed by atoms with Gasteiger partial charge in [0.2, 0.25) is 5.91 Å². The molecule has 1 aliphatic rings. The average molecular weight is 259 g/mol. The highest BCUT2D eigenvalue weighted by molar-refractivity contribution is 5.87. The van der Waals surface area contributed by atoms with Crippen LogP contribution in [0.4, 0.5) is 0 Å². The predicted octanol–water partition coefficient (Wildman–Crippen LogP) is -0.0103. The number of amides is 1. The van der Waals surface area contributed by atoms with E-state index in [0.29, 0.717) is 0 Å². The van der Waals surface area contributed by atoms with E-state index in [-0.39, 0.29) is 6.42 Å². The number of hydrogen-bond donors (Lipinski definition) is 3. The Bertz CT molecular complexity index is 344. The first-order chi connectivity index (χ1) is 8.38. The van der Waals surface area contributed by atoms with Crippen molar-refractivity contribution in [3.63, 3.8) is 0 Å². The lowest BCUT2D eigenvalue weighted by Crippen LogP contribution is -2.48. The molecule has 0 aliphatic heterocycles. The van der Waals surface area contributed by atoms with Gasteiger partial charge in [0.05, 0.1) is 18.4 Å². The molecule has 0 unspecified atom stereocenters. The number of rotatable bonds is 7. The zero-order valence-electron chi connectivity index (χ0n) is 10.1. The monoisotopic (exact) mass is 259 g/mol. The minimum absolute atomic E-state index is 0.0624. The molecule has 1 rings (SSSR count). The molecule has 7 heteroatoms. The van der Waals surface area contributed by atoms with Crippen LogP contribution in [-0.2, 0) is 19.1 Å². The molecule has 1 aliphatic carbocycles. The predicted molar refractivity (Wildman–Crippen MR) is 60.0 cm³/mol.